The van der Waals surface area contributed by atoms with E-state index < -0.39 is 0 Å². The van der Waals surface area contributed by atoms with E-state index in [1.54, 1.807) is 23.5 Å². The second-order valence-electron chi connectivity index (χ2n) is 4.67. The van der Waals surface area contributed by atoms with E-state index in [9.17, 15) is 4.79 Å². The number of ether oxygens (including phenoxy) is 2. The molecule has 23 heavy (non-hydrogen) atoms. The number of hydrogen-bond acceptors (Lipinski definition) is 5. The first-order valence-corrected chi connectivity index (χ1v) is 9.54. The van der Waals surface area contributed by atoms with Crippen molar-refractivity contribution in [2.45, 2.75) is 12.7 Å². The molecule has 0 aliphatic heterocycles. The van der Waals surface area contributed by atoms with Crippen LogP contribution in [-0.4, -0.2) is 31.4 Å². The van der Waals surface area contributed by atoms with E-state index in [2.05, 4.69) is 22.8 Å². The van der Waals surface area contributed by atoms with E-state index in [4.69, 9.17) is 9.47 Å². The average Bonchev–Trinajstić information content (AvgIpc) is 3.07. The van der Waals surface area contributed by atoms with Crippen LogP contribution in [-0.2, 0) is 10.5 Å². The number of thioether (sulfide) groups is 1. The molecule has 2 aromatic rings. The third-order valence-electron chi connectivity index (χ3n) is 2.90. The van der Waals surface area contributed by atoms with Gasteiger partial charge in [0, 0.05) is 22.9 Å². The lowest BCUT2D eigenvalue weighted by Gasteiger charge is -2.08. The van der Waals surface area contributed by atoms with Crippen LogP contribution in [0.3, 0.4) is 0 Å². The number of nitrogens with one attached hydrogen (secondary N) is 1. The first-order valence-electron chi connectivity index (χ1n) is 7.50. The van der Waals surface area contributed by atoms with Gasteiger partial charge in [0.15, 0.2) is 6.61 Å². The van der Waals surface area contributed by atoms with Crippen LogP contribution >= 0.6 is 23.1 Å². The Hall–Kier alpha value is -1.66. The Labute approximate surface area is 145 Å². The van der Waals surface area contributed by atoms with Crippen LogP contribution in [0.25, 0.3) is 0 Å². The summed E-state index contributed by atoms with van der Waals surface area (Å²) in [6.07, 6.45) is 0. The standard InChI is InChI=1S/C17H21NO3S2/c1-2-20-14-5-7-15(8-6-14)21-12-17(19)18-9-11-22-13-16-4-3-10-23-16/h3-8,10H,2,9,11-13H2,1H3,(H,18,19). The third-order valence-corrected chi connectivity index (χ3v) is 4.96. The van der Waals surface area contributed by atoms with E-state index in [1.807, 2.05) is 30.8 Å². The van der Waals surface area contributed by atoms with Gasteiger partial charge in [0.2, 0.25) is 0 Å². The highest BCUT2D eigenvalue weighted by atomic mass is 32.2. The fourth-order valence-electron chi connectivity index (χ4n) is 1.83. The highest BCUT2D eigenvalue weighted by Crippen LogP contribution is 2.17. The highest BCUT2D eigenvalue weighted by molar-refractivity contribution is 7.98. The monoisotopic (exact) mass is 351 g/mol. The first kappa shape index (κ1) is 17.7. The van der Waals surface area contributed by atoms with Gasteiger partial charge in [-0.2, -0.15) is 11.8 Å². The van der Waals surface area contributed by atoms with E-state index in [0.717, 1.165) is 17.3 Å². The summed E-state index contributed by atoms with van der Waals surface area (Å²) in [7, 11) is 0. The van der Waals surface area contributed by atoms with E-state index in [-0.39, 0.29) is 12.5 Å². The van der Waals surface area contributed by atoms with Gasteiger partial charge in [-0.3, -0.25) is 4.79 Å². The van der Waals surface area contributed by atoms with Gasteiger partial charge in [-0.05, 0) is 42.6 Å². The largest absolute Gasteiger partial charge is 0.494 e. The van der Waals surface area contributed by atoms with Crippen molar-refractivity contribution in [3.05, 3.63) is 46.7 Å². The smallest absolute Gasteiger partial charge is 0.257 e. The maximum Gasteiger partial charge on any atom is 0.257 e. The molecule has 2 rings (SSSR count). The topological polar surface area (TPSA) is 47.6 Å². The molecule has 0 unspecified atom stereocenters. The predicted molar refractivity (Wildman–Crippen MR) is 96.6 cm³/mol. The second-order valence-corrected chi connectivity index (χ2v) is 6.81. The van der Waals surface area contributed by atoms with Gasteiger partial charge in [0.05, 0.1) is 6.61 Å². The summed E-state index contributed by atoms with van der Waals surface area (Å²) in [6, 6.07) is 11.4. The van der Waals surface area contributed by atoms with Crippen LogP contribution in [0.5, 0.6) is 11.5 Å². The zero-order chi connectivity index (χ0) is 16.3. The van der Waals surface area contributed by atoms with Crippen LogP contribution in [0.1, 0.15) is 11.8 Å². The first-order chi connectivity index (χ1) is 11.3. The molecule has 0 aliphatic carbocycles. The van der Waals surface area contributed by atoms with Crippen molar-refractivity contribution in [2.75, 3.05) is 25.5 Å². The second kappa shape index (κ2) is 10.2. The number of thiophene rings is 1. The zero-order valence-electron chi connectivity index (χ0n) is 13.1. The van der Waals surface area contributed by atoms with Crippen molar-refractivity contribution >= 4 is 29.0 Å². The van der Waals surface area contributed by atoms with Crippen molar-refractivity contribution in [2.24, 2.45) is 0 Å². The Kier molecular flexibility index (Phi) is 7.83. The SMILES string of the molecule is CCOc1ccc(OCC(=O)NCCSCc2cccs2)cc1. The van der Waals surface area contributed by atoms with Crippen molar-refractivity contribution in [3.8, 4) is 11.5 Å². The molecule has 0 bridgehead atoms. The van der Waals surface area contributed by atoms with Gasteiger partial charge in [0.1, 0.15) is 11.5 Å². The maximum atomic E-state index is 11.7. The van der Waals surface area contributed by atoms with Crippen LogP contribution in [0.2, 0.25) is 0 Å². The molecule has 0 fully saturated rings. The lowest BCUT2D eigenvalue weighted by atomic mass is 10.3. The molecule has 0 atom stereocenters. The molecular weight excluding hydrogens is 330 g/mol. The Bertz CT molecular complexity index is 570. The molecule has 1 N–H and O–H groups in total. The summed E-state index contributed by atoms with van der Waals surface area (Å²) in [5.41, 5.74) is 0. The fourth-order valence-corrected chi connectivity index (χ4v) is 3.53. The quantitative estimate of drug-likeness (QED) is 0.665. The Balaban J connectivity index is 1.55. The lowest BCUT2D eigenvalue weighted by molar-refractivity contribution is -0.122. The summed E-state index contributed by atoms with van der Waals surface area (Å²) in [4.78, 5) is 13.1. The van der Waals surface area contributed by atoms with Crippen LogP contribution in [0.15, 0.2) is 41.8 Å². The van der Waals surface area contributed by atoms with E-state index in [0.29, 0.717) is 18.9 Å². The molecule has 1 heterocycles. The van der Waals surface area contributed by atoms with Gasteiger partial charge < -0.3 is 14.8 Å². The Morgan fingerprint density at radius 1 is 1.17 bits per heavy atom. The average molecular weight is 351 g/mol. The van der Waals surface area contributed by atoms with E-state index in [1.165, 1.54) is 4.88 Å². The van der Waals surface area contributed by atoms with Crippen LogP contribution in [0, 0.1) is 0 Å². The summed E-state index contributed by atoms with van der Waals surface area (Å²) >= 11 is 3.57. The normalized spacial score (nSPS) is 10.3. The van der Waals surface area contributed by atoms with Crippen LogP contribution < -0.4 is 14.8 Å². The molecule has 0 aliphatic rings. The summed E-state index contributed by atoms with van der Waals surface area (Å²) in [5, 5.41) is 4.94. The van der Waals surface area contributed by atoms with Gasteiger partial charge in [0.25, 0.3) is 5.91 Å². The number of amides is 1. The number of benzene rings is 1. The molecule has 0 spiro atoms. The van der Waals surface area contributed by atoms with Crippen molar-refractivity contribution in [1.29, 1.82) is 0 Å². The Morgan fingerprint density at radius 2 is 1.91 bits per heavy atom. The van der Waals surface area contributed by atoms with Crippen LogP contribution in [0.4, 0.5) is 0 Å². The predicted octanol–water partition coefficient (Wildman–Crippen LogP) is 3.58. The van der Waals surface area contributed by atoms with Gasteiger partial charge in [-0.15, -0.1) is 11.3 Å². The highest BCUT2D eigenvalue weighted by Gasteiger charge is 2.03. The molecule has 0 radical (unpaired) electrons. The zero-order valence-corrected chi connectivity index (χ0v) is 14.8. The molecule has 4 nitrogen and oxygen atoms in total. The van der Waals surface area contributed by atoms with Gasteiger partial charge in [-0.1, -0.05) is 6.07 Å². The number of hydrogen-bond donors (Lipinski definition) is 1. The molecular formula is C17H21NO3S2. The molecule has 1 aromatic carbocycles. The maximum absolute atomic E-state index is 11.7. The molecule has 0 saturated carbocycles. The van der Waals surface area contributed by atoms with Gasteiger partial charge >= 0.3 is 0 Å². The number of carbonyl (C=O) groups is 1. The van der Waals surface area contributed by atoms with E-state index >= 15 is 0 Å². The van der Waals surface area contributed by atoms with Crippen molar-refractivity contribution in [3.63, 3.8) is 0 Å². The molecule has 124 valence electrons. The third kappa shape index (κ3) is 6.97. The minimum atomic E-state index is -0.101. The van der Waals surface area contributed by atoms with Crippen molar-refractivity contribution < 1.29 is 14.3 Å². The number of carbonyl (C=O) groups excluding carboxylic acids is 1. The minimum Gasteiger partial charge on any atom is -0.494 e. The molecule has 6 heteroatoms. The number of rotatable bonds is 10. The summed E-state index contributed by atoms with van der Waals surface area (Å²) in [5.74, 6) is 3.25. The molecule has 0 saturated heterocycles. The lowest BCUT2D eigenvalue weighted by Crippen LogP contribution is -2.30. The summed E-state index contributed by atoms with van der Waals surface area (Å²) < 4.78 is 10.8. The molecule has 1 aromatic heterocycles. The van der Waals surface area contributed by atoms with Crippen molar-refractivity contribution in [1.82, 2.24) is 5.32 Å². The minimum absolute atomic E-state index is 0.0313. The van der Waals surface area contributed by atoms with Gasteiger partial charge in [-0.25, -0.2) is 0 Å². The summed E-state index contributed by atoms with van der Waals surface area (Å²) in [6.45, 7) is 3.26. The molecule has 1 amide bonds. The Morgan fingerprint density at radius 3 is 2.57 bits per heavy atom. The fraction of sp³-hybridized carbons (Fsp3) is 0.353.